The van der Waals surface area contributed by atoms with Crippen molar-refractivity contribution >= 4 is 5.91 Å². The summed E-state index contributed by atoms with van der Waals surface area (Å²) in [6, 6.07) is 3.63. The molecule has 0 aliphatic carbocycles. The fourth-order valence-corrected chi connectivity index (χ4v) is 1.33. The number of rotatable bonds is 1. The number of hydrogen-bond donors (Lipinski definition) is 1. The summed E-state index contributed by atoms with van der Waals surface area (Å²) in [6.07, 6.45) is -4.37. The van der Waals surface area contributed by atoms with Gasteiger partial charge >= 0.3 is 6.18 Å². The summed E-state index contributed by atoms with van der Waals surface area (Å²) in [4.78, 5) is 10.6. The van der Waals surface area contributed by atoms with Gasteiger partial charge in [0.1, 0.15) is 0 Å². The van der Waals surface area contributed by atoms with Gasteiger partial charge in [-0.05, 0) is 30.7 Å². The van der Waals surface area contributed by atoms with Crippen molar-refractivity contribution in [3.63, 3.8) is 0 Å². The number of hydrogen-bond acceptors (Lipinski definition) is 1. The van der Waals surface area contributed by atoms with Crippen molar-refractivity contribution in [2.24, 2.45) is 0 Å². The van der Waals surface area contributed by atoms with Crippen LogP contribution in [-0.4, -0.2) is 12.5 Å². The predicted molar refractivity (Wildman–Crippen MR) is 61.7 cm³/mol. The Morgan fingerprint density at radius 3 is 2.56 bits per heavy atom. The number of benzene rings is 1. The minimum atomic E-state index is -4.37. The number of amides is 1. The van der Waals surface area contributed by atoms with E-state index in [9.17, 15) is 18.0 Å². The molecule has 0 saturated carbocycles. The van der Waals surface area contributed by atoms with Gasteiger partial charge in [0.2, 0.25) is 5.91 Å². The fraction of sp³-hybridized carbons (Fsp3) is 0.308. The van der Waals surface area contributed by atoms with E-state index in [2.05, 4.69) is 17.2 Å². The number of carbonyl (C=O) groups is 1. The Labute approximate surface area is 103 Å². The van der Waals surface area contributed by atoms with Crippen molar-refractivity contribution < 1.29 is 18.0 Å². The average Bonchev–Trinajstić information content (AvgIpc) is 2.22. The molecule has 0 radical (unpaired) electrons. The first-order chi connectivity index (χ1) is 8.29. The highest BCUT2D eigenvalue weighted by atomic mass is 19.4. The largest absolute Gasteiger partial charge is 0.416 e. The highest BCUT2D eigenvalue weighted by Gasteiger charge is 2.30. The lowest BCUT2D eigenvalue weighted by molar-refractivity contribution is -0.137. The second-order valence-corrected chi connectivity index (χ2v) is 3.80. The number of halogens is 3. The van der Waals surface area contributed by atoms with Crippen LogP contribution in [0.3, 0.4) is 0 Å². The van der Waals surface area contributed by atoms with Crippen molar-refractivity contribution in [2.45, 2.75) is 20.0 Å². The zero-order valence-corrected chi connectivity index (χ0v) is 9.98. The minimum absolute atomic E-state index is 0.116. The smallest absolute Gasteiger partial charge is 0.345 e. The van der Waals surface area contributed by atoms with Crippen LogP contribution in [0.4, 0.5) is 13.2 Å². The monoisotopic (exact) mass is 255 g/mol. The SMILES string of the molecule is CC(=O)NCC#Cc1cc(C)cc(C(F)(F)F)c1. The molecule has 96 valence electrons. The summed E-state index contributed by atoms with van der Waals surface area (Å²) in [5.41, 5.74) is 0.0626. The lowest BCUT2D eigenvalue weighted by Gasteiger charge is -2.07. The maximum Gasteiger partial charge on any atom is 0.416 e. The van der Waals surface area contributed by atoms with Crippen LogP contribution in [0, 0.1) is 18.8 Å². The van der Waals surface area contributed by atoms with Crippen LogP contribution in [0.1, 0.15) is 23.6 Å². The third-order valence-electron chi connectivity index (χ3n) is 2.06. The van der Waals surface area contributed by atoms with Crippen molar-refractivity contribution in [3.8, 4) is 11.8 Å². The lowest BCUT2D eigenvalue weighted by atomic mass is 10.1. The Kier molecular flexibility index (Phi) is 4.38. The highest BCUT2D eigenvalue weighted by Crippen LogP contribution is 2.30. The molecule has 0 spiro atoms. The predicted octanol–water partition coefficient (Wildman–Crippen LogP) is 2.50. The van der Waals surface area contributed by atoms with Gasteiger partial charge in [0.05, 0.1) is 12.1 Å². The quantitative estimate of drug-likeness (QED) is 0.767. The van der Waals surface area contributed by atoms with E-state index in [1.54, 1.807) is 13.0 Å². The normalized spacial score (nSPS) is 10.5. The van der Waals surface area contributed by atoms with Crippen molar-refractivity contribution in [1.29, 1.82) is 0 Å². The van der Waals surface area contributed by atoms with E-state index in [1.165, 1.54) is 6.92 Å². The molecule has 1 amide bonds. The van der Waals surface area contributed by atoms with Gasteiger partial charge in [0.25, 0.3) is 0 Å². The molecule has 18 heavy (non-hydrogen) atoms. The van der Waals surface area contributed by atoms with Gasteiger partial charge in [-0.2, -0.15) is 13.2 Å². The summed E-state index contributed by atoms with van der Waals surface area (Å²) in [6.45, 7) is 3.04. The second-order valence-electron chi connectivity index (χ2n) is 3.80. The molecule has 1 aromatic carbocycles. The number of nitrogens with one attached hydrogen (secondary N) is 1. The standard InChI is InChI=1S/C13H12F3NO/c1-9-6-11(4-3-5-17-10(2)18)8-12(7-9)13(14,15)16/h6-8H,5H2,1-2H3,(H,17,18). The average molecular weight is 255 g/mol. The van der Waals surface area contributed by atoms with Gasteiger partial charge in [0.15, 0.2) is 0 Å². The second kappa shape index (κ2) is 5.58. The van der Waals surface area contributed by atoms with E-state index in [0.29, 0.717) is 5.56 Å². The van der Waals surface area contributed by atoms with E-state index in [1.807, 2.05) is 0 Å². The number of carbonyl (C=O) groups excluding carboxylic acids is 1. The molecular weight excluding hydrogens is 243 g/mol. The third-order valence-corrected chi connectivity index (χ3v) is 2.06. The molecule has 5 heteroatoms. The van der Waals surface area contributed by atoms with Gasteiger partial charge in [-0.25, -0.2) is 0 Å². The summed E-state index contributed by atoms with van der Waals surface area (Å²) in [7, 11) is 0. The first kappa shape index (κ1) is 14.1. The Morgan fingerprint density at radius 2 is 2.00 bits per heavy atom. The van der Waals surface area contributed by atoms with Gasteiger partial charge in [0, 0.05) is 12.5 Å². The van der Waals surface area contributed by atoms with E-state index in [0.717, 1.165) is 12.1 Å². The Bertz CT molecular complexity index is 509. The van der Waals surface area contributed by atoms with Crippen molar-refractivity contribution in [1.82, 2.24) is 5.32 Å². The van der Waals surface area contributed by atoms with Crippen molar-refractivity contribution in [3.05, 3.63) is 34.9 Å². The van der Waals surface area contributed by atoms with Gasteiger partial charge in [-0.1, -0.05) is 11.8 Å². The Morgan fingerprint density at radius 1 is 1.33 bits per heavy atom. The molecule has 0 bridgehead atoms. The third kappa shape index (κ3) is 4.50. The summed E-state index contributed by atoms with van der Waals surface area (Å²) in [5, 5.41) is 2.44. The molecule has 1 rings (SSSR count). The number of alkyl halides is 3. The van der Waals surface area contributed by atoms with Crippen molar-refractivity contribution in [2.75, 3.05) is 6.54 Å². The van der Waals surface area contributed by atoms with Crippen LogP contribution in [0.5, 0.6) is 0 Å². The van der Waals surface area contributed by atoms with Crippen LogP contribution in [0.25, 0.3) is 0 Å². The maximum absolute atomic E-state index is 12.5. The van der Waals surface area contributed by atoms with Crippen LogP contribution >= 0.6 is 0 Å². The van der Waals surface area contributed by atoms with Gasteiger partial charge < -0.3 is 5.32 Å². The molecule has 0 aliphatic rings. The molecule has 1 aromatic rings. The van der Waals surface area contributed by atoms with Crippen LogP contribution in [0.15, 0.2) is 18.2 Å². The lowest BCUT2D eigenvalue weighted by Crippen LogP contribution is -2.19. The van der Waals surface area contributed by atoms with E-state index in [-0.39, 0.29) is 18.0 Å². The molecule has 0 atom stereocenters. The van der Waals surface area contributed by atoms with E-state index < -0.39 is 11.7 Å². The van der Waals surface area contributed by atoms with Crippen LogP contribution in [0.2, 0.25) is 0 Å². The molecule has 2 nitrogen and oxygen atoms in total. The fourth-order valence-electron chi connectivity index (χ4n) is 1.33. The zero-order valence-electron chi connectivity index (χ0n) is 9.98. The zero-order chi connectivity index (χ0) is 13.8. The molecule has 0 unspecified atom stereocenters. The molecule has 0 aliphatic heterocycles. The van der Waals surface area contributed by atoms with Crippen LogP contribution < -0.4 is 5.32 Å². The highest BCUT2D eigenvalue weighted by molar-refractivity contribution is 5.73. The minimum Gasteiger partial charge on any atom is -0.345 e. The van der Waals surface area contributed by atoms with Gasteiger partial charge in [-0.15, -0.1) is 0 Å². The Balaban J connectivity index is 2.90. The molecular formula is C13H12F3NO. The topological polar surface area (TPSA) is 29.1 Å². The summed E-state index contributed by atoms with van der Waals surface area (Å²) < 4.78 is 37.6. The molecule has 0 fully saturated rings. The van der Waals surface area contributed by atoms with Crippen LogP contribution in [-0.2, 0) is 11.0 Å². The molecule has 0 heterocycles. The maximum atomic E-state index is 12.5. The molecule has 0 aromatic heterocycles. The summed E-state index contributed by atoms with van der Waals surface area (Å²) in [5.74, 6) is 4.95. The molecule has 1 N–H and O–H groups in total. The van der Waals surface area contributed by atoms with Gasteiger partial charge in [-0.3, -0.25) is 4.79 Å². The van der Waals surface area contributed by atoms with E-state index >= 15 is 0 Å². The summed E-state index contributed by atoms with van der Waals surface area (Å²) >= 11 is 0. The first-order valence-corrected chi connectivity index (χ1v) is 5.21. The molecule has 0 saturated heterocycles. The first-order valence-electron chi connectivity index (χ1n) is 5.21. The number of aryl methyl sites for hydroxylation is 1. The van der Waals surface area contributed by atoms with E-state index in [4.69, 9.17) is 0 Å². The Hall–Kier alpha value is -1.96.